The van der Waals surface area contributed by atoms with Crippen LogP contribution < -0.4 is 5.32 Å². The molecule has 1 aromatic carbocycles. The van der Waals surface area contributed by atoms with Crippen molar-refractivity contribution in [2.45, 2.75) is 39.3 Å². The molecule has 3 rings (SSSR count). The number of hydrogen-bond acceptors (Lipinski definition) is 2. The second kappa shape index (κ2) is 6.90. The van der Waals surface area contributed by atoms with E-state index in [4.69, 9.17) is 0 Å². The van der Waals surface area contributed by atoms with E-state index in [2.05, 4.69) is 47.8 Å². The van der Waals surface area contributed by atoms with Crippen molar-refractivity contribution >= 4 is 0 Å². The maximum atomic E-state index is 4.45. The van der Waals surface area contributed by atoms with Crippen molar-refractivity contribution in [2.75, 3.05) is 6.54 Å². The van der Waals surface area contributed by atoms with E-state index in [1.165, 1.54) is 30.4 Å². The quantitative estimate of drug-likeness (QED) is 0.880. The molecule has 112 valence electrons. The third kappa shape index (κ3) is 3.94. The van der Waals surface area contributed by atoms with Gasteiger partial charge < -0.3 is 5.32 Å². The molecule has 1 aliphatic carbocycles. The van der Waals surface area contributed by atoms with Crippen LogP contribution in [0.4, 0.5) is 0 Å². The summed E-state index contributed by atoms with van der Waals surface area (Å²) in [4.78, 5) is 0. The zero-order valence-electron chi connectivity index (χ0n) is 12.8. The third-order valence-electron chi connectivity index (χ3n) is 4.65. The first-order chi connectivity index (χ1) is 10.3. The smallest absolute Gasteiger partial charge is 0.0659 e. The Labute approximate surface area is 127 Å². The Bertz CT molecular complexity index is 547. The first-order valence-corrected chi connectivity index (χ1v) is 8.07. The maximum absolute atomic E-state index is 4.45. The molecular weight excluding hydrogens is 258 g/mol. The van der Waals surface area contributed by atoms with Gasteiger partial charge in [-0.15, -0.1) is 0 Å². The van der Waals surface area contributed by atoms with E-state index >= 15 is 0 Å². The minimum Gasteiger partial charge on any atom is -0.312 e. The average Bonchev–Trinajstić information content (AvgIpc) is 3.10. The zero-order valence-corrected chi connectivity index (χ0v) is 12.8. The molecule has 0 aliphatic heterocycles. The molecule has 1 N–H and O–H groups in total. The van der Waals surface area contributed by atoms with E-state index < -0.39 is 0 Å². The summed E-state index contributed by atoms with van der Waals surface area (Å²) >= 11 is 0. The second-order valence-electron chi connectivity index (χ2n) is 6.33. The Balaban J connectivity index is 1.46. The summed E-state index contributed by atoms with van der Waals surface area (Å²) in [5.41, 5.74) is 2.57. The van der Waals surface area contributed by atoms with Gasteiger partial charge in [-0.3, -0.25) is 4.68 Å². The molecule has 0 amide bonds. The fourth-order valence-corrected chi connectivity index (χ4v) is 3.28. The summed E-state index contributed by atoms with van der Waals surface area (Å²) in [6.45, 7) is 5.31. The zero-order chi connectivity index (χ0) is 14.5. The summed E-state index contributed by atoms with van der Waals surface area (Å²) in [6, 6.07) is 10.5. The van der Waals surface area contributed by atoms with Gasteiger partial charge in [0.2, 0.25) is 0 Å². The molecule has 1 aliphatic rings. The first-order valence-electron chi connectivity index (χ1n) is 8.07. The lowest BCUT2D eigenvalue weighted by atomic mass is 9.98. The minimum atomic E-state index is 0.848. The van der Waals surface area contributed by atoms with Crippen LogP contribution >= 0.6 is 0 Å². The van der Waals surface area contributed by atoms with Crippen molar-refractivity contribution in [3.63, 3.8) is 0 Å². The lowest BCUT2D eigenvalue weighted by Gasteiger charge is -2.15. The van der Waals surface area contributed by atoms with Crippen molar-refractivity contribution in [3.05, 3.63) is 53.9 Å². The molecule has 3 nitrogen and oxygen atoms in total. The van der Waals surface area contributed by atoms with Gasteiger partial charge >= 0.3 is 0 Å². The fourth-order valence-electron chi connectivity index (χ4n) is 3.28. The van der Waals surface area contributed by atoms with Crippen LogP contribution in [0.3, 0.4) is 0 Å². The van der Waals surface area contributed by atoms with E-state index in [0.29, 0.717) is 0 Å². The standard InChI is InChI=1S/C18H25N3/c1-15-6-5-9-18(15)12-19-10-17-11-20-21(14-17)13-16-7-3-2-4-8-16/h2-4,7-8,11,14-15,18-19H,5-6,9-10,12-13H2,1H3. The van der Waals surface area contributed by atoms with Gasteiger partial charge in [-0.25, -0.2) is 0 Å². The summed E-state index contributed by atoms with van der Waals surface area (Å²) in [7, 11) is 0. The van der Waals surface area contributed by atoms with Crippen LogP contribution in [0.2, 0.25) is 0 Å². The van der Waals surface area contributed by atoms with E-state index in [-0.39, 0.29) is 0 Å². The van der Waals surface area contributed by atoms with Gasteiger partial charge in [0, 0.05) is 18.3 Å². The predicted octanol–water partition coefficient (Wildman–Crippen LogP) is 3.46. The number of nitrogens with one attached hydrogen (secondary N) is 1. The van der Waals surface area contributed by atoms with Gasteiger partial charge in [0.15, 0.2) is 0 Å². The number of nitrogens with zero attached hydrogens (tertiary/aromatic N) is 2. The molecule has 1 fully saturated rings. The highest BCUT2D eigenvalue weighted by molar-refractivity contribution is 5.15. The molecule has 2 aromatic rings. The van der Waals surface area contributed by atoms with Crippen LogP contribution in [0.15, 0.2) is 42.7 Å². The topological polar surface area (TPSA) is 29.9 Å². The molecule has 1 heterocycles. The molecule has 3 heteroatoms. The Morgan fingerprint density at radius 1 is 1.19 bits per heavy atom. The molecule has 2 unspecified atom stereocenters. The van der Waals surface area contributed by atoms with Crippen molar-refractivity contribution in [1.29, 1.82) is 0 Å². The minimum absolute atomic E-state index is 0.848. The van der Waals surface area contributed by atoms with Gasteiger partial charge in [0.05, 0.1) is 12.7 Å². The van der Waals surface area contributed by atoms with Crippen LogP contribution in [-0.4, -0.2) is 16.3 Å². The highest BCUT2D eigenvalue weighted by Crippen LogP contribution is 2.30. The van der Waals surface area contributed by atoms with Crippen molar-refractivity contribution < 1.29 is 0 Å². The van der Waals surface area contributed by atoms with Gasteiger partial charge in [-0.2, -0.15) is 5.10 Å². The molecule has 1 saturated carbocycles. The van der Waals surface area contributed by atoms with E-state index in [9.17, 15) is 0 Å². The Hall–Kier alpha value is -1.61. The summed E-state index contributed by atoms with van der Waals surface area (Å²) in [5, 5.41) is 8.05. The molecule has 0 spiro atoms. The number of rotatable bonds is 6. The number of hydrogen-bond donors (Lipinski definition) is 1. The van der Waals surface area contributed by atoms with Crippen molar-refractivity contribution in [3.8, 4) is 0 Å². The van der Waals surface area contributed by atoms with E-state index in [0.717, 1.165) is 31.5 Å². The molecule has 0 saturated heterocycles. The van der Waals surface area contributed by atoms with Crippen LogP contribution in [0.5, 0.6) is 0 Å². The van der Waals surface area contributed by atoms with E-state index in [1.807, 2.05) is 16.9 Å². The summed E-state index contributed by atoms with van der Waals surface area (Å²) in [5.74, 6) is 1.75. The lowest BCUT2D eigenvalue weighted by Crippen LogP contribution is -2.23. The Morgan fingerprint density at radius 2 is 2.05 bits per heavy atom. The second-order valence-corrected chi connectivity index (χ2v) is 6.33. The lowest BCUT2D eigenvalue weighted by molar-refractivity contribution is 0.392. The highest BCUT2D eigenvalue weighted by Gasteiger charge is 2.22. The molecule has 21 heavy (non-hydrogen) atoms. The van der Waals surface area contributed by atoms with Gasteiger partial charge in [0.1, 0.15) is 0 Å². The highest BCUT2D eigenvalue weighted by atomic mass is 15.3. The van der Waals surface area contributed by atoms with Crippen LogP contribution in [0.25, 0.3) is 0 Å². The normalized spacial score (nSPS) is 21.8. The first kappa shape index (κ1) is 14.3. The maximum Gasteiger partial charge on any atom is 0.0659 e. The van der Waals surface area contributed by atoms with Crippen molar-refractivity contribution in [2.24, 2.45) is 11.8 Å². The largest absolute Gasteiger partial charge is 0.312 e. The molecule has 0 radical (unpaired) electrons. The van der Waals surface area contributed by atoms with Gasteiger partial charge in [-0.1, -0.05) is 50.1 Å². The molecule has 2 atom stereocenters. The van der Waals surface area contributed by atoms with Crippen LogP contribution in [0.1, 0.15) is 37.3 Å². The third-order valence-corrected chi connectivity index (χ3v) is 4.65. The van der Waals surface area contributed by atoms with E-state index in [1.54, 1.807) is 0 Å². The van der Waals surface area contributed by atoms with Crippen LogP contribution in [0, 0.1) is 11.8 Å². The van der Waals surface area contributed by atoms with Crippen molar-refractivity contribution in [1.82, 2.24) is 15.1 Å². The predicted molar refractivity (Wildman–Crippen MR) is 86.0 cm³/mol. The molecular formula is C18H25N3. The summed E-state index contributed by atoms with van der Waals surface area (Å²) < 4.78 is 2.02. The number of aromatic nitrogens is 2. The molecule has 0 bridgehead atoms. The SMILES string of the molecule is CC1CCCC1CNCc1cnn(Cc2ccccc2)c1. The van der Waals surface area contributed by atoms with Gasteiger partial charge in [0.25, 0.3) is 0 Å². The molecule has 1 aromatic heterocycles. The average molecular weight is 283 g/mol. The summed E-state index contributed by atoms with van der Waals surface area (Å²) in [6.07, 6.45) is 8.33. The monoisotopic (exact) mass is 283 g/mol. The Kier molecular flexibility index (Phi) is 4.71. The number of benzene rings is 1. The fraction of sp³-hybridized carbons (Fsp3) is 0.500. The van der Waals surface area contributed by atoms with Crippen LogP contribution in [-0.2, 0) is 13.1 Å². The Morgan fingerprint density at radius 3 is 2.81 bits per heavy atom. The van der Waals surface area contributed by atoms with Gasteiger partial charge in [-0.05, 0) is 30.4 Å².